The second kappa shape index (κ2) is 10.5. The molecule has 2 saturated heterocycles. The van der Waals surface area contributed by atoms with Gasteiger partial charge in [-0.15, -0.1) is 0 Å². The molecule has 6 heteroatoms. The third-order valence-electron chi connectivity index (χ3n) is 6.40. The van der Waals surface area contributed by atoms with Gasteiger partial charge in [0.15, 0.2) is 0 Å². The number of rotatable bonds is 5. The van der Waals surface area contributed by atoms with Crippen molar-refractivity contribution in [1.82, 2.24) is 9.80 Å². The van der Waals surface area contributed by atoms with Gasteiger partial charge in [0.2, 0.25) is 11.8 Å². The number of nitrogens with one attached hydrogen (secondary N) is 1. The van der Waals surface area contributed by atoms with E-state index in [4.69, 9.17) is 0 Å². The average Bonchev–Trinajstić information content (AvgIpc) is 2.84. The van der Waals surface area contributed by atoms with Gasteiger partial charge in [0.25, 0.3) is 0 Å². The molecule has 0 spiro atoms. The Kier molecular flexibility index (Phi) is 7.22. The maximum absolute atomic E-state index is 13.0. The van der Waals surface area contributed by atoms with E-state index in [0.717, 1.165) is 43.1 Å². The Morgan fingerprint density at radius 3 is 2.25 bits per heavy atom. The Balaban J connectivity index is 1.31. The third-order valence-corrected chi connectivity index (χ3v) is 6.40. The van der Waals surface area contributed by atoms with Gasteiger partial charge in [-0.05, 0) is 43.7 Å². The molecule has 2 aromatic rings. The molecule has 0 aromatic heterocycles. The SMILES string of the molecule is CN1CCN(c2ccccc2NC(=O)C2CCN(C(=O)C=Cc3ccccc3)CC2)CC1. The lowest BCUT2D eigenvalue weighted by Crippen LogP contribution is -2.45. The van der Waals surface area contributed by atoms with Gasteiger partial charge in [0.05, 0.1) is 11.4 Å². The fraction of sp³-hybridized carbons (Fsp3) is 0.385. The van der Waals surface area contributed by atoms with Crippen molar-refractivity contribution >= 4 is 29.3 Å². The molecular weight excluding hydrogens is 400 g/mol. The maximum Gasteiger partial charge on any atom is 0.246 e. The van der Waals surface area contributed by atoms with Crippen molar-refractivity contribution in [2.75, 3.05) is 56.5 Å². The lowest BCUT2D eigenvalue weighted by atomic mass is 9.95. The van der Waals surface area contributed by atoms with Crippen LogP contribution in [-0.2, 0) is 9.59 Å². The molecule has 32 heavy (non-hydrogen) atoms. The molecule has 2 aliphatic rings. The Labute approximate surface area is 190 Å². The molecule has 168 valence electrons. The summed E-state index contributed by atoms with van der Waals surface area (Å²) >= 11 is 0. The summed E-state index contributed by atoms with van der Waals surface area (Å²) in [4.78, 5) is 32.0. The smallest absolute Gasteiger partial charge is 0.246 e. The maximum atomic E-state index is 13.0. The van der Waals surface area contributed by atoms with E-state index in [9.17, 15) is 9.59 Å². The van der Waals surface area contributed by atoms with Crippen LogP contribution < -0.4 is 10.2 Å². The standard InChI is InChI=1S/C26H32N4O2/c1-28-17-19-29(20-18-28)24-10-6-5-9-23(24)27-26(32)22-13-15-30(16-14-22)25(31)12-11-21-7-3-2-4-8-21/h2-12,22H,13-20H2,1H3,(H,27,32). The normalized spacial score (nSPS) is 18.2. The lowest BCUT2D eigenvalue weighted by molar-refractivity contribution is -0.130. The monoisotopic (exact) mass is 432 g/mol. The number of anilines is 2. The van der Waals surface area contributed by atoms with Crippen LogP contribution in [0.25, 0.3) is 6.08 Å². The minimum Gasteiger partial charge on any atom is -0.367 e. The van der Waals surface area contributed by atoms with Crippen LogP contribution in [0.2, 0.25) is 0 Å². The zero-order valence-corrected chi connectivity index (χ0v) is 18.7. The highest BCUT2D eigenvalue weighted by molar-refractivity contribution is 5.96. The third kappa shape index (κ3) is 5.56. The molecule has 6 nitrogen and oxygen atoms in total. The largest absolute Gasteiger partial charge is 0.367 e. The summed E-state index contributed by atoms with van der Waals surface area (Å²) in [6, 6.07) is 17.9. The average molecular weight is 433 g/mol. The number of benzene rings is 2. The predicted molar refractivity (Wildman–Crippen MR) is 130 cm³/mol. The van der Waals surface area contributed by atoms with Gasteiger partial charge in [0, 0.05) is 51.3 Å². The van der Waals surface area contributed by atoms with Gasteiger partial charge < -0.3 is 20.0 Å². The number of hydrogen-bond acceptors (Lipinski definition) is 4. The molecule has 0 saturated carbocycles. The number of carbonyl (C=O) groups is 2. The van der Waals surface area contributed by atoms with Crippen molar-refractivity contribution in [2.45, 2.75) is 12.8 Å². The van der Waals surface area contributed by atoms with Crippen LogP contribution in [0, 0.1) is 5.92 Å². The summed E-state index contributed by atoms with van der Waals surface area (Å²) in [5.41, 5.74) is 2.98. The number of para-hydroxylation sites is 2. The van der Waals surface area contributed by atoms with E-state index in [1.165, 1.54) is 0 Å². The Morgan fingerprint density at radius 2 is 1.53 bits per heavy atom. The quantitative estimate of drug-likeness (QED) is 0.737. The van der Waals surface area contributed by atoms with Gasteiger partial charge in [-0.2, -0.15) is 0 Å². The molecule has 2 aliphatic heterocycles. The summed E-state index contributed by atoms with van der Waals surface area (Å²) in [7, 11) is 2.14. The van der Waals surface area contributed by atoms with Gasteiger partial charge in [0.1, 0.15) is 0 Å². The molecular formula is C26H32N4O2. The molecule has 0 radical (unpaired) electrons. The summed E-state index contributed by atoms with van der Waals surface area (Å²) in [6.45, 7) is 5.17. The minimum atomic E-state index is -0.0716. The van der Waals surface area contributed by atoms with Gasteiger partial charge in [-0.25, -0.2) is 0 Å². The number of likely N-dealkylation sites (tertiary alicyclic amines) is 1. The summed E-state index contributed by atoms with van der Waals surface area (Å²) in [5.74, 6) is -0.00988. The number of likely N-dealkylation sites (N-methyl/N-ethyl adjacent to an activating group) is 1. The van der Waals surface area contributed by atoms with Crippen molar-refractivity contribution in [1.29, 1.82) is 0 Å². The van der Waals surface area contributed by atoms with Crippen molar-refractivity contribution in [3.63, 3.8) is 0 Å². The van der Waals surface area contributed by atoms with Crippen LogP contribution >= 0.6 is 0 Å². The van der Waals surface area contributed by atoms with Crippen LogP contribution in [-0.4, -0.2) is 67.9 Å². The van der Waals surface area contributed by atoms with Crippen LogP contribution in [0.3, 0.4) is 0 Å². The van der Waals surface area contributed by atoms with Crippen LogP contribution in [0.1, 0.15) is 18.4 Å². The molecule has 4 rings (SSSR count). The Bertz CT molecular complexity index is 943. The van der Waals surface area contributed by atoms with Crippen molar-refractivity contribution in [3.8, 4) is 0 Å². The molecule has 2 fully saturated rings. The highest BCUT2D eigenvalue weighted by Gasteiger charge is 2.27. The van der Waals surface area contributed by atoms with Gasteiger partial charge in [-0.3, -0.25) is 9.59 Å². The summed E-state index contributed by atoms with van der Waals surface area (Å²) in [6.07, 6.45) is 4.85. The molecule has 2 aromatic carbocycles. The van der Waals surface area contributed by atoms with E-state index in [1.807, 2.05) is 59.5 Å². The number of hydrogen-bond donors (Lipinski definition) is 1. The van der Waals surface area contributed by atoms with Gasteiger partial charge in [-0.1, -0.05) is 42.5 Å². The van der Waals surface area contributed by atoms with Crippen molar-refractivity contribution in [2.24, 2.45) is 5.92 Å². The molecule has 2 heterocycles. The minimum absolute atomic E-state index is 0.00752. The molecule has 0 bridgehead atoms. The fourth-order valence-corrected chi connectivity index (χ4v) is 4.34. The van der Waals surface area contributed by atoms with Crippen molar-refractivity contribution < 1.29 is 9.59 Å². The highest BCUT2D eigenvalue weighted by atomic mass is 16.2. The Morgan fingerprint density at radius 1 is 0.875 bits per heavy atom. The number of amides is 2. The predicted octanol–water partition coefficient (Wildman–Crippen LogP) is 3.33. The molecule has 0 aliphatic carbocycles. The summed E-state index contributed by atoms with van der Waals surface area (Å²) in [5, 5.41) is 3.17. The molecule has 2 amide bonds. The highest BCUT2D eigenvalue weighted by Crippen LogP contribution is 2.28. The topological polar surface area (TPSA) is 55.9 Å². The van der Waals surface area contributed by atoms with E-state index in [0.29, 0.717) is 25.9 Å². The van der Waals surface area contributed by atoms with E-state index >= 15 is 0 Å². The lowest BCUT2D eigenvalue weighted by Gasteiger charge is -2.35. The number of piperazine rings is 1. The van der Waals surface area contributed by atoms with E-state index < -0.39 is 0 Å². The van der Waals surface area contributed by atoms with Gasteiger partial charge >= 0.3 is 0 Å². The second-order valence-electron chi connectivity index (χ2n) is 8.64. The van der Waals surface area contributed by atoms with Crippen LogP contribution in [0.5, 0.6) is 0 Å². The first kappa shape index (κ1) is 22.1. The van der Waals surface area contributed by atoms with E-state index in [2.05, 4.69) is 28.2 Å². The first-order valence-corrected chi connectivity index (χ1v) is 11.5. The zero-order chi connectivity index (χ0) is 22.3. The van der Waals surface area contributed by atoms with Crippen molar-refractivity contribution in [3.05, 3.63) is 66.2 Å². The molecule has 0 atom stereocenters. The zero-order valence-electron chi connectivity index (χ0n) is 18.7. The molecule has 0 unspecified atom stereocenters. The number of piperidine rings is 1. The van der Waals surface area contributed by atoms with Crippen LogP contribution in [0.15, 0.2) is 60.7 Å². The second-order valence-corrected chi connectivity index (χ2v) is 8.64. The summed E-state index contributed by atoms with van der Waals surface area (Å²) < 4.78 is 0. The number of nitrogens with zero attached hydrogens (tertiary/aromatic N) is 3. The molecule has 1 N–H and O–H groups in total. The number of carbonyl (C=O) groups excluding carboxylic acids is 2. The van der Waals surface area contributed by atoms with E-state index in [-0.39, 0.29) is 17.7 Å². The first-order chi connectivity index (χ1) is 15.6. The Hall–Kier alpha value is -3.12. The van der Waals surface area contributed by atoms with Crippen LogP contribution in [0.4, 0.5) is 11.4 Å². The fourth-order valence-electron chi connectivity index (χ4n) is 4.34. The van der Waals surface area contributed by atoms with E-state index in [1.54, 1.807) is 6.08 Å². The first-order valence-electron chi connectivity index (χ1n) is 11.5.